The molecule has 0 saturated carbocycles. The van der Waals surface area contributed by atoms with Crippen molar-refractivity contribution in [3.05, 3.63) is 35.4 Å². The van der Waals surface area contributed by atoms with Gasteiger partial charge in [-0.3, -0.25) is 9.59 Å². The standard InChI is InChI=1S/C12H11NO4/c1-8(14)16-12(17-9(2)15)11-5-3-4-10(6-11)7-13/h3-6,12H,1-2H3. The average Bonchev–Trinajstić information content (AvgIpc) is 2.27. The summed E-state index contributed by atoms with van der Waals surface area (Å²) in [5.74, 6) is -1.14. The summed E-state index contributed by atoms with van der Waals surface area (Å²) in [6.07, 6.45) is -1.11. The van der Waals surface area contributed by atoms with Gasteiger partial charge >= 0.3 is 11.9 Å². The van der Waals surface area contributed by atoms with E-state index in [2.05, 4.69) is 0 Å². The smallest absolute Gasteiger partial charge is 0.305 e. The minimum absolute atomic E-state index is 0.395. The molecule has 0 aliphatic heterocycles. The van der Waals surface area contributed by atoms with E-state index in [9.17, 15) is 9.59 Å². The number of esters is 2. The maximum atomic E-state index is 10.9. The Balaban J connectivity index is 2.99. The Morgan fingerprint density at radius 1 is 1.24 bits per heavy atom. The molecule has 0 bridgehead atoms. The van der Waals surface area contributed by atoms with Crippen LogP contribution >= 0.6 is 0 Å². The lowest BCUT2D eigenvalue weighted by atomic mass is 10.1. The Morgan fingerprint density at radius 2 is 1.82 bits per heavy atom. The van der Waals surface area contributed by atoms with Gasteiger partial charge in [-0.1, -0.05) is 12.1 Å². The van der Waals surface area contributed by atoms with Gasteiger partial charge in [0.1, 0.15) is 0 Å². The van der Waals surface area contributed by atoms with Gasteiger partial charge in [0.05, 0.1) is 11.6 Å². The minimum atomic E-state index is -1.11. The van der Waals surface area contributed by atoms with Crippen LogP contribution in [-0.4, -0.2) is 11.9 Å². The van der Waals surface area contributed by atoms with Gasteiger partial charge in [-0.15, -0.1) is 0 Å². The number of nitrogens with zero attached hydrogens (tertiary/aromatic N) is 1. The van der Waals surface area contributed by atoms with Crippen molar-refractivity contribution in [3.63, 3.8) is 0 Å². The largest absolute Gasteiger partial charge is 0.421 e. The average molecular weight is 233 g/mol. The lowest BCUT2D eigenvalue weighted by molar-refractivity contribution is -0.186. The monoisotopic (exact) mass is 233 g/mol. The molecule has 1 rings (SSSR count). The zero-order valence-corrected chi connectivity index (χ0v) is 9.47. The molecule has 0 radical (unpaired) electrons. The summed E-state index contributed by atoms with van der Waals surface area (Å²) >= 11 is 0. The number of hydrogen-bond donors (Lipinski definition) is 0. The van der Waals surface area contributed by atoms with Gasteiger partial charge in [-0.2, -0.15) is 5.26 Å². The number of hydrogen-bond acceptors (Lipinski definition) is 5. The van der Waals surface area contributed by atoms with Gasteiger partial charge in [0.25, 0.3) is 6.29 Å². The maximum absolute atomic E-state index is 10.9. The predicted octanol–water partition coefficient (Wildman–Crippen LogP) is 1.68. The molecule has 5 nitrogen and oxygen atoms in total. The van der Waals surface area contributed by atoms with Crippen molar-refractivity contribution in [2.45, 2.75) is 20.1 Å². The lowest BCUT2D eigenvalue weighted by Gasteiger charge is -2.16. The van der Waals surface area contributed by atoms with Gasteiger partial charge in [0.15, 0.2) is 0 Å². The van der Waals surface area contributed by atoms with Crippen molar-refractivity contribution in [3.8, 4) is 6.07 Å². The maximum Gasteiger partial charge on any atom is 0.305 e. The second-order valence-corrected chi connectivity index (χ2v) is 3.29. The molecule has 0 amide bonds. The van der Waals surface area contributed by atoms with E-state index < -0.39 is 18.2 Å². The number of carbonyl (C=O) groups is 2. The molecule has 88 valence electrons. The Morgan fingerprint density at radius 3 is 2.29 bits per heavy atom. The van der Waals surface area contributed by atoms with Gasteiger partial charge in [0, 0.05) is 19.4 Å². The van der Waals surface area contributed by atoms with E-state index >= 15 is 0 Å². The molecule has 0 atom stereocenters. The summed E-state index contributed by atoms with van der Waals surface area (Å²) in [4.78, 5) is 21.8. The molecule has 17 heavy (non-hydrogen) atoms. The van der Waals surface area contributed by atoms with Crippen LogP contribution < -0.4 is 0 Å². The number of nitriles is 1. The summed E-state index contributed by atoms with van der Waals surface area (Å²) in [5, 5.41) is 8.74. The molecule has 0 aromatic heterocycles. The van der Waals surface area contributed by atoms with Crippen molar-refractivity contribution in [1.82, 2.24) is 0 Å². The molecule has 0 aliphatic carbocycles. The minimum Gasteiger partial charge on any atom is -0.421 e. The van der Waals surface area contributed by atoms with E-state index in [1.54, 1.807) is 18.2 Å². The van der Waals surface area contributed by atoms with Crippen LogP contribution in [0, 0.1) is 11.3 Å². The third-order valence-electron chi connectivity index (χ3n) is 1.83. The van der Waals surface area contributed by atoms with E-state index in [4.69, 9.17) is 14.7 Å². The Hall–Kier alpha value is -2.35. The summed E-state index contributed by atoms with van der Waals surface area (Å²) in [7, 11) is 0. The summed E-state index contributed by atoms with van der Waals surface area (Å²) < 4.78 is 9.71. The Labute approximate surface area is 98.6 Å². The molecule has 0 heterocycles. The molecule has 0 fully saturated rings. The molecular formula is C12H11NO4. The van der Waals surface area contributed by atoms with Crippen LogP contribution in [0.2, 0.25) is 0 Å². The number of ether oxygens (including phenoxy) is 2. The number of benzene rings is 1. The highest BCUT2D eigenvalue weighted by atomic mass is 16.7. The van der Waals surface area contributed by atoms with Crippen molar-refractivity contribution in [2.24, 2.45) is 0 Å². The van der Waals surface area contributed by atoms with Gasteiger partial charge in [-0.05, 0) is 12.1 Å². The highest BCUT2D eigenvalue weighted by Gasteiger charge is 2.18. The normalized spacial score (nSPS) is 9.53. The molecule has 0 aliphatic rings. The Kier molecular flexibility index (Phi) is 4.23. The van der Waals surface area contributed by atoms with Crippen molar-refractivity contribution in [1.29, 1.82) is 5.26 Å². The Bertz CT molecular complexity index is 460. The lowest BCUT2D eigenvalue weighted by Crippen LogP contribution is -2.15. The van der Waals surface area contributed by atoms with E-state index in [1.807, 2.05) is 6.07 Å². The molecular weight excluding hydrogens is 222 g/mol. The zero-order valence-electron chi connectivity index (χ0n) is 9.47. The van der Waals surface area contributed by atoms with Crippen LogP contribution in [0.25, 0.3) is 0 Å². The topological polar surface area (TPSA) is 76.4 Å². The first-order valence-electron chi connectivity index (χ1n) is 4.87. The molecule has 5 heteroatoms. The SMILES string of the molecule is CC(=O)OC(OC(C)=O)c1cccc(C#N)c1. The quantitative estimate of drug-likeness (QED) is 0.586. The van der Waals surface area contributed by atoms with Crippen molar-refractivity contribution in [2.75, 3.05) is 0 Å². The fraction of sp³-hybridized carbons (Fsp3) is 0.250. The first-order chi connectivity index (χ1) is 8.02. The molecule has 1 aromatic carbocycles. The third-order valence-corrected chi connectivity index (χ3v) is 1.83. The van der Waals surface area contributed by atoms with Crippen LogP contribution in [-0.2, 0) is 19.1 Å². The fourth-order valence-electron chi connectivity index (χ4n) is 1.22. The zero-order chi connectivity index (χ0) is 12.8. The van der Waals surface area contributed by atoms with Crippen LogP contribution in [0.3, 0.4) is 0 Å². The van der Waals surface area contributed by atoms with E-state index in [0.717, 1.165) is 0 Å². The van der Waals surface area contributed by atoms with Crippen LogP contribution in [0.1, 0.15) is 31.3 Å². The van der Waals surface area contributed by atoms with Crippen molar-refractivity contribution < 1.29 is 19.1 Å². The van der Waals surface area contributed by atoms with Gasteiger partial charge in [0.2, 0.25) is 0 Å². The second-order valence-electron chi connectivity index (χ2n) is 3.29. The first-order valence-corrected chi connectivity index (χ1v) is 4.87. The van der Waals surface area contributed by atoms with Crippen LogP contribution in [0.4, 0.5) is 0 Å². The second kappa shape index (κ2) is 5.66. The highest BCUT2D eigenvalue weighted by Crippen LogP contribution is 2.20. The summed E-state index contributed by atoms with van der Waals surface area (Å²) in [6.45, 7) is 2.43. The number of carbonyl (C=O) groups excluding carboxylic acids is 2. The summed E-state index contributed by atoms with van der Waals surface area (Å²) in [5.41, 5.74) is 0.834. The van der Waals surface area contributed by atoms with Crippen molar-refractivity contribution >= 4 is 11.9 Å². The first kappa shape index (κ1) is 12.7. The highest BCUT2D eigenvalue weighted by molar-refractivity contribution is 5.68. The van der Waals surface area contributed by atoms with Crippen LogP contribution in [0.15, 0.2) is 24.3 Å². The third kappa shape index (κ3) is 3.95. The van der Waals surface area contributed by atoms with Gasteiger partial charge < -0.3 is 9.47 Å². The fourth-order valence-corrected chi connectivity index (χ4v) is 1.22. The van der Waals surface area contributed by atoms with E-state index in [0.29, 0.717) is 11.1 Å². The van der Waals surface area contributed by atoms with Crippen LogP contribution in [0.5, 0.6) is 0 Å². The molecule has 0 unspecified atom stereocenters. The predicted molar refractivity (Wildman–Crippen MR) is 57.4 cm³/mol. The molecule has 0 saturated heterocycles. The van der Waals surface area contributed by atoms with Gasteiger partial charge in [-0.25, -0.2) is 0 Å². The molecule has 0 N–H and O–H groups in total. The molecule has 1 aromatic rings. The van der Waals surface area contributed by atoms with E-state index in [1.165, 1.54) is 19.9 Å². The molecule has 0 spiro atoms. The van der Waals surface area contributed by atoms with E-state index in [-0.39, 0.29) is 0 Å². The summed E-state index contributed by atoms with van der Waals surface area (Å²) in [6, 6.07) is 8.27. The number of rotatable bonds is 3.